The van der Waals surface area contributed by atoms with Gasteiger partial charge in [-0.1, -0.05) is 193 Å². The minimum atomic E-state index is -4.56. The lowest BCUT2D eigenvalue weighted by Gasteiger charge is -2.30. The summed E-state index contributed by atoms with van der Waals surface area (Å²) in [5, 5.41) is 13.9. The van der Waals surface area contributed by atoms with Gasteiger partial charge in [-0.05, 0) is 38.5 Å². The number of phosphoric acid groups is 1. The number of carbonyl (C=O) groups is 1. The van der Waals surface area contributed by atoms with Crippen LogP contribution in [0.15, 0.2) is 12.2 Å². The van der Waals surface area contributed by atoms with Gasteiger partial charge in [0.15, 0.2) is 0 Å². The summed E-state index contributed by atoms with van der Waals surface area (Å²) in [6.45, 7) is 4.72. The highest BCUT2D eigenvalue weighted by molar-refractivity contribution is 7.45. The number of aliphatic hydroxyl groups excluding tert-OH is 1. The number of amides is 1. The molecule has 0 radical (unpaired) electrons. The Morgan fingerprint density at radius 1 is 0.618 bits per heavy atom. The van der Waals surface area contributed by atoms with Gasteiger partial charge in [0.25, 0.3) is 7.82 Å². The fraction of sp³-hybridized carbons (Fsp3) is 0.935. The van der Waals surface area contributed by atoms with E-state index >= 15 is 0 Å². The van der Waals surface area contributed by atoms with Crippen molar-refractivity contribution in [3.8, 4) is 0 Å². The molecule has 1 unspecified atom stereocenters. The molecule has 0 fully saturated rings. The van der Waals surface area contributed by atoms with Crippen molar-refractivity contribution in [2.24, 2.45) is 0 Å². The Morgan fingerprint density at radius 2 is 1.00 bits per heavy atom. The standard InChI is InChI=1S/C46H93N2O6P/c1-6-8-10-12-14-16-18-20-21-22-23-24-25-26-27-28-30-32-34-36-38-40-46(50)47-44(43-54-55(51,52)53-42-41-48(3,4)5)45(49)39-37-35-33-31-29-19-17-15-13-11-9-7-2/h20-21,44-45,49H,6-19,22-43H2,1-5H3,(H-,47,50,51,52)/b21-20+/t44-,45+/m0/s1. The molecule has 0 bridgehead atoms. The first-order valence-electron chi connectivity index (χ1n) is 23.5. The number of aliphatic hydroxyl groups is 1. The normalized spacial score (nSPS) is 14.4. The van der Waals surface area contributed by atoms with Gasteiger partial charge in [-0.15, -0.1) is 0 Å². The Bertz CT molecular complexity index is 911. The molecule has 0 saturated carbocycles. The quantitative estimate of drug-likeness (QED) is 0.0275. The number of nitrogens with one attached hydrogen (secondary N) is 1. The van der Waals surface area contributed by atoms with Crippen LogP contribution in [0.2, 0.25) is 0 Å². The van der Waals surface area contributed by atoms with E-state index in [4.69, 9.17) is 9.05 Å². The number of allylic oxidation sites excluding steroid dienone is 2. The second kappa shape index (κ2) is 38.7. The third-order valence-electron chi connectivity index (χ3n) is 10.8. The molecule has 0 aliphatic rings. The summed E-state index contributed by atoms with van der Waals surface area (Å²) in [4.78, 5) is 25.3. The second-order valence-corrected chi connectivity index (χ2v) is 18.9. The van der Waals surface area contributed by atoms with Crippen molar-refractivity contribution in [1.82, 2.24) is 5.32 Å². The number of nitrogens with zero attached hydrogens (tertiary/aromatic N) is 1. The van der Waals surface area contributed by atoms with Crippen molar-refractivity contribution in [1.29, 1.82) is 0 Å². The zero-order valence-corrected chi connectivity index (χ0v) is 38.0. The number of likely N-dealkylation sites (N-methyl/N-ethyl adjacent to an activating group) is 1. The third kappa shape index (κ3) is 41.2. The Balaban J connectivity index is 4.23. The van der Waals surface area contributed by atoms with E-state index in [0.717, 1.165) is 38.5 Å². The lowest BCUT2D eigenvalue weighted by Crippen LogP contribution is -2.46. The molecule has 0 aromatic rings. The molecule has 1 amide bonds. The number of rotatable bonds is 43. The van der Waals surface area contributed by atoms with Crippen LogP contribution in [0.3, 0.4) is 0 Å². The van der Waals surface area contributed by atoms with Crippen LogP contribution in [-0.2, 0) is 18.4 Å². The summed E-state index contributed by atoms with van der Waals surface area (Å²) in [7, 11) is 1.31. The Hall–Kier alpha value is -0.760. The molecule has 0 aliphatic heterocycles. The van der Waals surface area contributed by atoms with Crippen molar-refractivity contribution < 1.29 is 32.9 Å². The topological polar surface area (TPSA) is 108 Å². The molecule has 0 heterocycles. The third-order valence-corrected chi connectivity index (χ3v) is 11.7. The Labute approximate surface area is 342 Å². The van der Waals surface area contributed by atoms with Crippen LogP contribution in [-0.4, -0.2) is 68.5 Å². The van der Waals surface area contributed by atoms with Gasteiger partial charge < -0.3 is 28.8 Å². The minimum absolute atomic E-state index is 0.0141. The van der Waals surface area contributed by atoms with Gasteiger partial charge >= 0.3 is 0 Å². The Kier molecular flexibility index (Phi) is 38.2. The number of quaternary nitrogens is 1. The van der Waals surface area contributed by atoms with Crippen molar-refractivity contribution >= 4 is 13.7 Å². The summed E-state index contributed by atoms with van der Waals surface area (Å²) in [6, 6.07) is -0.796. The molecule has 2 N–H and O–H groups in total. The predicted molar refractivity (Wildman–Crippen MR) is 233 cm³/mol. The average Bonchev–Trinajstić information content (AvgIpc) is 3.13. The summed E-state index contributed by atoms with van der Waals surface area (Å²) in [6.07, 6.45) is 43.6. The maximum Gasteiger partial charge on any atom is 0.268 e. The molecule has 8 nitrogen and oxygen atoms in total. The summed E-state index contributed by atoms with van der Waals surface area (Å²) >= 11 is 0. The fourth-order valence-electron chi connectivity index (χ4n) is 6.98. The van der Waals surface area contributed by atoms with E-state index in [1.165, 1.54) is 161 Å². The monoisotopic (exact) mass is 801 g/mol. The molecule has 0 aromatic carbocycles. The summed E-state index contributed by atoms with van der Waals surface area (Å²) in [5.74, 6) is -0.165. The maximum atomic E-state index is 12.9. The van der Waals surface area contributed by atoms with Gasteiger partial charge in [0, 0.05) is 6.42 Å². The SMILES string of the molecule is CCCCCCCC/C=C/CCCCCCCCCCCCCC(=O)N[C@@H](COP(=O)([O-])OCC[N+](C)(C)C)[C@H](O)CCCCCCCCCCCCCC. The van der Waals surface area contributed by atoms with Gasteiger partial charge in [0.2, 0.25) is 5.91 Å². The molecule has 0 aromatic heterocycles. The summed E-state index contributed by atoms with van der Waals surface area (Å²) < 4.78 is 23.3. The minimum Gasteiger partial charge on any atom is -0.756 e. The average molecular weight is 801 g/mol. The van der Waals surface area contributed by atoms with Crippen LogP contribution in [0.25, 0.3) is 0 Å². The van der Waals surface area contributed by atoms with Crippen LogP contribution in [0.4, 0.5) is 0 Å². The second-order valence-electron chi connectivity index (χ2n) is 17.5. The van der Waals surface area contributed by atoms with E-state index in [2.05, 4.69) is 31.3 Å². The molecule has 328 valence electrons. The maximum absolute atomic E-state index is 12.9. The molecular formula is C46H93N2O6P. The van der Waals surface area contributed by atoms with E-state index in [1.54, 1.807) is 0 Å². The van der Waals surface area contributed by atoms with Gasteiger partial charge in [0.1, 0.15) is 13.2 Å². The molecular weight excluding hydrogens is 707 g/mol. The van der Waals surface area contributed by atoms with E-state index < -0.39 is 20.0 Å². The van der Waals surface area contributed by atoms with E-state index in [1.807, 2.05) is 21.1 Å². The predicted octanol–water partition coefficient (Wildman–Crippen LogP) is 12.5. The van der Waals surface area contributed by atoms with Crippen molar-refractivity contribution in [3.05, 3.63) is 12.2 Å². The van der Waals surface area contributed by atoms with Crippen molar-refractivity contribution in [3.63, 3.8) is 0 Å². The Morgan fingerprint density at radius 3 is 1.42 bits per heavy atom. The smallest absolute Gasteiger partial charge is 0.268 e. The molecule has 0 rings (SSSR count). The lowest BCUT2D eigenvalue weighted by molar-refractivity contribution is -0.870. The molecule has 0 aliphatic carbocycles. The molecule has 0 spiro atoms. The highest BCUT2D eigenvalue weighted by Gasteiger charge is 2.24. The summed E-state index contributed by atoms with van der Waals surface area (Å²) in [5.41, 5.74) is 0. The molecule has 0 saturated heterocycles. The highest BCUT2D eigenvalue weighted by atomic mass is 31.2. The number of unbranched alkanes of at least 4 members (excludes halogenated alkanes) is 28. The van der Waals surface area contributed by atoms with E-state index in [9.17, 15) is 19.4 Å². The largest absolute Gasteiger partial charge is 0.756 e. The van der Waals surface area contributed by atoms with Gasteiger partial charge in [0.05, 0.1) is 39.9 Å². The lowest BCUT2D eigenvalue weighted by atomic mass is 10.0. The first-order valence-corrected chi connectivity index (χ1v) is 25.0. The number of hydrogen-bond donors (Lipinski definition) is 2. The molecule has 9 heteroatoms. The zero-order valence-electron chi connectivity index (χ0n) is 37.1. The van der Waals surface area contributed by atoms with Gasteiger partial charge in [-0.2, -0.15) is 0 Å². The first kappa shape index (κ1) is 54.2. The molecule has 3 atom stereocenters. The van der Waals surface area contributed by atoms with Crippen LogP contribution in [0, 0.1) is 0 Å². The van der Waals surface area contributed by atoms with Crippen molar-refractivity contribution in [2.75, 3.05) is 40.9 Å². The van der Waals surface area contributed by atoms with Crippen LogP contribution in [0.5, 0.6) is 0 Å². The number of phosphoric ester groups is 1. The van der Waals surface area contributed by atoms with Crippen LogP contribution < -0.4 is 10.2 Å². The van der Waals surface area contributed by atoms with Crippen molar-refractivity contribution in [2.45, 2.75) is 238 Å². The first-order chi connectivity index (χ1) is 26.5. The van der Waals surface area contributed by atoms with Gasteiger partial charge in [-0.3, -0.25) is 9.36 Å². The zero-order chi connectivity index (χ0) is 40.7. The molecule has 55 heavy (non-hydrogen) atoms. The van der Waals surface area contributed by atoms with Crippen LogP contribution in [0.1, 0.15) is 226 Å². The number of hydrogen-bond acceptors (Lipinski definition) is 6. The van der Waals surface area contributed by atoms with Crippen LogP contribution >= 0.6 is 7.82 Å². The van der Waals surface area contributed by atoms with E-state index in [-0.39, 0.29) is 19.1 Å². The number of carbonyl (C=O) groups excluding carboxylic acids is 1. The van der Waals surface area contributed by atoms with E-state index in [0.29, 0.717) is 23.9 Å². The van der Waals surface area contributed by atoms with Gasteiger partial charge in [-0.25, -0.2) is 0 Å². The fourth-order valence-corrected chi connectivity index (χ4v) is 7.70. The highest BCUT2D eigenvalue weighted by Crippen LogP contribution is 2.38.